The second-order valence-corrected chi connectivity index (χ2v) is 3.95. The van der Waals surface area contributed by atoms with E-state index >= 15 is 0 Å². The SMILES string of the molecule is CNCCN(C)Cc1c(F)cccc1Cl. The Morgan fingerprint density at radius 2 is 2.20 bits per heavy atom. The lowest BCUT2D eigenvalue weighted by atomic mass is 10.2. The van der Waals surface area contributed by atoms with Crippen LogP contribution in [-0.4, -0.2) is 32.1 Å². The van der Waals surface area contributed by atoms with E-state index in [-0.39, 0.29) is 5.82 Å². The number of nitrogens with zero attached hydrogens (tertiary/aromatic N) is 1. The summed E-state index contributed by atoms with van der Waals surface area (Å²) in [6.45, 7) is 2.27. The van der Waals surface area contributed by atoms with Gasteiger partial charge in [-0.2, -0.15) is 0 Å². The molecule has 1 rings (SSSR count). The molecule has 0 aliphatic rings. The predicted octanol–water partition coefficient (Wildman–Crippen LogP) is 2.13. The van der Waals surface area contributed by atoms with Gasteiger partial charge in [0.1, 0.15) is 5.82 Å². The van der Waals surface area contributed by atoms with Gasteiger partial charge in [-0.1, -0.05) is 17.7 Å². The number of halogens is 2. The first-order valence-corrected chi connectivity index (χ1v) is 5.29. The van der Waals surface area contributed by atoms with Crippen LogP contribution in [0.2, 0.25) is 5.02 Å². The van der Waals surface area contributed by atoms with Crippen molar-refractivity contribution in [1.82, 2.24) is 10.2 Å². The molecule has 0 amide bonds. The number of likely N-dealkylation sites (N-methyl/N-ethyl adjacent to an activating group) is 2. The van der Waals surface area contributed by atoms with Gasteiger partial charge in [-0.25, -0.2) is 4.39 Å². The van der Waals surface area contributed by atoms with Crippen molar-refractivity contribution in [1.29, 1.82) is 0 Å². The summed E-state index contributed by atoms with van der Waals surface area (Å²) in [6, 6.07) is 4.77. The predicted molar refractivity (Wildman–Crippen MR) is 61.7 cm³/mol. The van der Waals surface area contributed by atoms with Crippen LogP contribution < -0.4 is 5.32 Å². The van der Waals surface area contributed by atoms with Crippen LogP contribution in [-0.2, 0) is 6.54 Å². The highest BCUT2D eigenvalue weighted by Crippen LogP contribution is 2.19. The van der Waals surface area contributed by atoms with E-state index in [2.05, 4.69) is 5.32 Å². The van der Waals surface area contributed by atoms with E-state index in [1.165, 1.54) is 6.07 Å². The second-order valence-electron chi connectivity index (χ2n) is 3.54. The molecule has 0 bridgehead atoms. The molecule has 1 N–H and O–H groups in total. The molecule has 2 nitrogen and oxygen atoms in total. The first-order chi connectivity index (χ1) is 7.15. The molecule has 0 aliphatic heterocycles. The third kappa shape index (κ3) is 3.78. The summed E-state index contributed by atoms with van der Waals surface area (Å²) in [4.78, 5) is 2.03. The van der Waals surface area contributed by atoms with E-state index < -0.39 is 0 Å². The van der Waals surface area contributed by atoms with Crippen molar-refractivity contribution in [2.45, 2.75) is 6.54 Å². The molecule has 0 aromatic heterocycles. The summed E-state index contributed by atoms with van der Waals surface area (Å²) in [5, 5.41) is 3.54. The highest BCUT2D eigenvalue weighted by Gasteiger charge is 2.08. The van der Waals surface area contributed by atoms with E-state index in [0.717, 1.165) is 13.1 Å². The quantitative estimate of drug-likeness (QED) is 0.834. The van der Waals surface area contributed by atoms with Gasteiger partial charge in [0, 0.05) is 30.2 Å². The Morgan fingerprint density at radius 3 is 2.80 bits per heavy atom. The van der Waals surface area contributed by atoms with E-state index in [0.29, 0.717) is 17.1 Å². The molecular formula is C11H16ClFN2. The Balaban J connectivity index is 2.63. The largest absolute Gasteiger partial charge is 0.318 e. The summed E-state index contributed by atoms with van der Waals surface area (Å²) in [5.41, 5.74) is 0.567. The molecule has 4 heteroatoms. The monoisotopic (exact) mass is 230 g/mol. The second kappa shape index (κ2) is 6.05. The number of hydrogen-bond acceptors (Lipinski definition) is 2. The lowest BCUT2D eigenvalue weighted by Gasteiger charge is -2.17. The summed E-state index contributed by atoms with van der Waals surface area (Å²) in [5.74, 6) is -0.237. The molecule has 84 valence electrons. The fraction of sp³-hybridized carbons (Fsp3) is 0.455. The summed E-state index contributed by atoms with van der Waals surface area (Å²) in [7, 11) is 3.84. The normalized spacial score (nSPS) is 11.0. The van der Waals surface area contributed by atoms with Gasteiger partial charge in [0.25, 0.3) is 0 Å². The third-order valence-electron chi connectivity index (χ3n) is 2.23. The minimum absolute atomic E-state index is 0.237. The minimum Gasteiger partial charge on any atom is -0.318 e. The number of hydrogen-bond donors (Lipinski definition) is 1. The molecule has 0 saturated heterocycles. The molecule has 0 heterocycles. The van der Waals surface area contributed by atoms with Gasteiger partial charge in [-0.15, -0.1) is 0 Å². The first-order valence-electron chi connectivity index (χ1n) is 4.91. The van der Waals surface area contributed by atoms with E-state index in [4.69, 9.17) is 11.6 Å². The summed E-state index contributed by atoms with van der Waals surface area (Å²) in [6.07, 6.45) is 0. The van der Waals surface area contributed by atoms with Crippen molar-refractivity contribution in [2.75, 3.05) is 27.2 Å². The van der Waals surface area contributed by atoms with Gasteiger partial charge >= 0.3 is 0 Å². The zero-order valence-corrected chi connectivity index (χ0v) is 9.81. The van der Waals surface area contributed by atoms with Crippen LogP contribution in [0.5, 0.6) is 0 Å². The van der Waals surface area contributed by atoms with Gasteiger partial charge in [0.15, 0.2) is 0 Å². The maximum absolute atomic E-state index is 13.4. The summed E-state index contributed by atoms with van der Waals surface area (Å²) >= 11 is 5.93. The van der Waals surface area contributed by atoms with Gasteiger partial charge in [-0.3, -0.25) is 0 Å². The average molecular weight is 231 g/mol. The molecule has 0 spiro atoms. The standard InChI is InChI=1S/C11H16ClFN2/c1-14-6-7-15(2)8-9-10(12)4-3-5-11(9)13/h3-5,14H,6-8H2,1-2H3. The van der Waals surface area contributed by atoms with Gasteiger partial charge in [-0.05, 0) is 26.2 Å². The van der Waals surface area contributed by atoms with Crippen molar-refractivity contribution < 1.29 is 4.39 Å². The first kappa shape index (κ1) is 12.4. The van der Waals surface area contributed by atoms with Crippen LogP contribution in [0, 0.1) is 5.82 Å². The Morgan fingerprint density at radius 1 is 1.47 bits per heavy atom. The van der Waals surface area contributed by atoms with Crippen LogP contribution in [0.1, 0.15) is 5.56 Å². The zero-order chi connectivity index (χ0) is 11.3. The van der Waals surface area contributed by atoms with Gasteiger partial charge < -0.3 is 10.2 Å². The molecule has 0 atom stereocenters. The fourth-order valence-corrected chi connectivity index (χ4v) is 1.56. The molecule has 0 fully saturated rings. The Kier molecular flexibility index (Phi) is 5.02. The topological polar surface area (TPSA) is 15.3 Å². The average Bonchev–Trinajstić information content (AvgIpc) is 2.21. The highest BCUT2D eigenvalue weighted by atomic mass is 35.5. The molecule has 0 saturated carbocycles. The highest BCUT2D eigenvalue weighted by molar-refractivity contribution is 6.31. The molecule has 0 unspecified atom stereocenters. The number of benzene rings is 1. The molecule has 15 heavy (non-hydrogen) atoms. The van der Waals surface area contributed by atoms with Gasteiger partial charge in [0.05, 0.1) is 0 Å². The lowest BCUT2D eigenvalue weighted by Crippen LogP contribution is -2.27. The maximum atomic E-state index is 13.4. The van der Waals surface area contributed by atoms with Crippen LogP contribution in [0.25, 0.3) is 0 Å². The Labute approximate surface area is 95.0 Å². The molecule has 1 aromatic carbocycles. The van der Waals surface area contributed by atoms with E-state index in [9.17, 15) is 4.39 Å². The Hall–Kier alpha value is -0.640. The third-order valence-corrected chi connectivity index (χ3v) is 2.59. The van der Waals surface area contributed by atoms with E-state index in [1.807, 2.05) is 19.0 Å². The molecule has 1 aromatic rings. The van der Waals surface area contributed by atoms with Crippen molar-refractivity contribution in [3.63, 3.8) is 0 Å². The lowest BCUT2D eigenvalue weighted by molar-refractivity contribution is 0.323. The molecule has 0 aliphatic carbocycles. The fourth-order valence-electron chi connectivity index (χ4n) is 1.34. The minimum atomic E-state index is -0.237. The molecule has 0 radical (unpaired) electrons. The van der Waals surface area contributed by atoms with Crippen molar-refractivity contribution in [2.24, 2.45) is 0 Å². The number of rotatable bonds is 5. The number of nitrogens with one attached hydrogen (secondary N) is 1. The molecular weight excluding hydrogens is 215 g/mol. The van der Waals surface area contributed by atoms with Gasteiger partial charge in [0.2, 0.25) is 0 Å². The van der Waals surface area contributed by atoms with Crippen LogP contribution in [0.4, 0.5) is 4.39 Å². The van der Waals surface area contributed by atoms with Crippen molar-refractivity contribution in [3.8, 4) is 0 Å². The van der Waals surface area contributed by atoms with Crippen molar-refractivity contribution in [3.05, 3.63) is 34.6 Å². The smallest absolute Gasteiger partial charge is 0.129 e. The maximum Gasteiger partial charge on any atom is 0.129 e. The van der Waals surface area contributed by atoms with Crippen LogP contribution in [0.15, 0.2) is 18.2 Å². The Bertz CT molecular complexity index is 297. The summed E-state index contributed by atoms with van der Waals surface area (Å²) < 4.78 is 13.4. The van der Waals surface area contributed by atoms with Crippen molar-refractivity contribution >= 4 is 11.6 Å². The van der Waals surface area contributed by atoms with Crippen LogP contribution >= 0.6 is 11.6 Å². The van der Waals surface area contributed by atoms with E-state index in [1.54, 1.807) is 12.1 Å². The zero-order valence-electron chi connectivity index (χ0n) is 9.06. The van der Waals surface area contributed by atoms with Crippen LogP contribution in [0.3, 0.4) is 0 Å².